The average Bonchev–Trinajstić information content (AvgIpc) is 3.34. The van der Waals surface area contributed by atoms with Gasteiger partial charge in [-0.2, -0.15) is 0 Å². The fourth-order valence-electron chi connectivity index (χ4n) is 3.49. The molecule has 2 heterocycles. The number of aryl methyl sites for hydroxylation is 1. The van der Waals surface area contributed by atoms with E-state index in [1.165, 1.54) is 0 Å². The Hall–Kier alpha value is -3.12. The summed E-state index contributed by atoms with van der Waals surface area (Å²) in [5.74, 6) is 0.173. The predicted octanol–water partition coefficient (Wildman–Crippen LogP) is 4.35. The average molecular weight is 394 g/mol. The van der Waals surface area contributed by atoms with Crippen LogP contribution in [-0.4, -0.2) is 29.4 Å². The van der Waals surface area contributed by atoms with Crippen molar-refractivity contribution in [2.24, 2.45) is 0 Å². The number of carbonyl (C=O) groups is 2. The summed E-state index contributed by atoms with van der Waals surface area (Å²) in [5, 5.41) is 3.36. The van der Waals surface area contributed by atoms with E-state index in [1.807, 2.05) is 42.5 Å². The predicted molar refractivity (Wildman–Crippen MR) is 110 cm³/mol. The van der Waals surface area contributed by atoms with Gasteiger partial charge in [-0.05, 0) is 51.0 Å². The van der Waals surface area contributed by atoms with Crippen LogP contribution in [0.3, 0.4) is 0 Å². The Balaban J connectivity index is 1.86. The number of rotatable bonds is 8. The Morgan fingerprint density at radius 3 is 2.48 bits per heavy atom. The molecule has 0 fully saturated rings. The van der Waals surface area contributed by atoms with Crippen LogP contribution in [0.5, 0.6) is 0 Å². The SMILES string of the molecule is CCOC(=O)c1c(C)[nH]c(C(=O)[C@@H](C)N[C@H](c2ccccc2)c2ccco2)c1C. The summed E-state index contributed by atoms with van der Waals surface area (Å²) >= 11 is 0. The van der Waals surface area contributed by atoms with Crippen molar-refractivity contribution in [2.45, 2.75) is 39.8 Å². The maximum atomic E-state index is 13.2. The molecule has 0 aliphatic heterocycles. The van der Waals surface area contributed by atoms with Crippen molar-refractivity contribution in [3.8, 4) is 0 Å². The van der Waals surface area contributed by atoms with E-state index in [1.54, 1.807) is 34.0 Å². The lowest BCUT2D eigenvalue weighted by Crippen LogP contribution is -2.37. The summed E-state index contributed by atoms with van der Waals surface area (Å²) in [6, 6.07) is 12.7. The van der Waals surface area contributed by atoms with Crippen molar-refractivity contribution in [2.75, 3.05) is 6.61 Å². The number of benzene rings is 1. The molecule has 0 spiro atoms. The second-order valence-corrected chi connectivity index (χ2v) is 6.96. The number of ketones is 1. The van der Waals surface area contributed by atoms with Crippen LogP contribution in [-0.2, 0) is 4.74 Å². The van der Waals surface area contributed by atoms with E-state index < -0.39 is 12.0 Å². The maximum absolute atomic E-state index is 13.2. The van der Waals surface area contributed by atoms with Gasteiger partial charge in [0.15, 0.2) is 5.78 Å². The highest BCUT2D eigenvalue weighted by atomic mass is 16.5. The van der Waals surface area contributed by atoms with Crippen LogP contribution in [0.15, 0.2) is 53.1 Å². The van der Waals surface area contributed by atoms with E-state index in [0.717, 1.165) is 11.3 Å². The minimum absolute atomic E-state index is 0.131. The molecule has 0 aliphatic rings. The zero-order valence-corrected chi connectivity index (χ0v) is 17.1. The molecule has 3 rings (SSSR count). The molecule has 0 saturated carbocycles. The number of carbonyl (C=O) groups excluding carboxylic acids is 2. The summed E-state index contributed by atoms with van der Waals surface area (Å²) < 4.78 is 10.7. The van der Waals surface area contributed by atoms with Gasteiger partial charge in [-0.25, -0.2) is 4.79 Å². The molecule has 0 radical (unpaired) electrons. The van der Waals surface area contributed by atoms with Crippen molar-refractivity contribution in [3.63, 3.8) is 0 Å². The third-order valence-electron chi connectivity index (χ3n) is 4.93. The van der Waals surface area contributed by atoms with Crippen LogP contribution in [0, 0.1) is 13.8 Å². The van der Waals surface area contributed by atoms with Crippen LogP contribution >= 0.6 is 0 Å². The van der Waals surface area contributed by atoms with Gasteiger partial charge in [0.1, 0.15) is 5.76 Å². The van der Waals surface area contributed by atoms with Gasteiger partial charge in [0.2, 0.25) is 0 Å². The van der Waals surface area contributed by atoms with Gasteiger partial charge in [0.25, 0.3) is 0 Å². The van der Waals surface area contributed by atoms with Gasteiger partial charge in [0, 0.05) is 5.69 Å². The number of nitrogens with one attached hydrogen (secondary N) is 2. The van der Waals surface area contributed by atoms with E-state index in [2.05, 4.69) is 10.3 Å². The van der Waals surface area contributed by atoms with Gasteiger partial charge in [-0.1, -0.05) is 30.3 Å². The third-order valence-corrected chi connectivity index (χ3v) is 4.93. The van der Waals surface area contributed by atoms with E-state index in [-0.39, 0.29) is 18.4 Å². The number of ether oxygens (including phenoxy) is 1. The standard InChI is InChI=1S/C23H26N2O4/c1-5-28-23(27)19-14(2)20(24-15(19)3)22(26)16(4)25-21(18-12-9-13-29-18)17-10-7-6-8-11-17/h6-13,16,21,24-25H,5H2,1-4H3/t16-,21-/m1/s1. The fraction of sp³-hybridized carbons (Fsp3) is 0.304. The second-order valence-electron chi connectivity index (χ2n) is 6.96. The van der Waals surface area contributed by atoms with E-state index in [4.69, 9.17) is 9.15 Å². The Morgan fingerprint density at radius 1 is 1.14 bits per heavy atom. The largest absolute Gasteiger partial charge is 0.467 e. The minimum atomic E-state index is -0.517. The number of H-pyrrole nitrogens is 1. The lowest BCUT2D eigenvalue weighted by atomic mass is 10.0. The van der Waals surface area contributed by atoms with Crippen molar-refractivity contribution in [1.82, 2.24) is 10.3 Å². The van der Waals surface area contributed by atoms with Gasteiger partial charge in [-0.3, -0.25) is 10.1 Å². The molecular weight excluding hydrogens is 368 g/mol. The van der Waals surface area contributed by atoms with Crippen molar-refractivity contribution < 1.29 is 18.7 Å². The first-order valence-electron chi connectivity index (χ1n) is 9.68. The van der Waals surface area contributed by atoms with Crippen LogP contribution in [0.2, 0.25) is 0 Å². The molecule has 3 aromatic rings. The molecule has 0 amide bonds. The summed E-state index contributed by atoms with van der Waals surface area (Å²) in [6.07, 6.45) is 1.61. The van der Waals surface area contributed by atoms with Crippen molar-refractivity contribution >= 4 is 11.8 Å². The molecule has 2 N–H and O–H groups in total. The minimum Gasteiger partial charge on any atom is -0.467 e. The maximum Gasteiger partial charge on any atom is 0.340 e. The molecule has 6 nitrogen and oxygen atoms in total. The van der Waals surface area contributed by atoms with Crippen molar-refractivity contribution in [3.05, 3.63) is 82.6 Å². The quantitative estimate of drug-likeness (QED) is 0.438. The molecule has 0 saturated heterocycles. The molecule has 1 aromatic carbocycles. The Labute approximate surface area is 170 Å². The van der Waals surface area contributed by atoms with Crippen LogP contribution in [0.1, 0.15) is 63.3 Å². The number of furan rings is 1. The van der Waals surface area contributed by atoms with Gasteiger partial charge in [-0.15, -0.1) is 0 Å². The monoisotopic (exact) mass is 394 g/mol. The molecule has 2 atom stereocenters. The number of Topliss-reactive ketones (excluding diaryl/α,β-unsaturated/α-hetero) is 1. The topological polar surface area (TPSA) is 84.3 Å². The Morgan fingerprint density at radius 2 is 1.86 bits per heavy atom. The third kappa shape index (κ3) is 4.32. The molecule has 29 heavy (non-hydrogen) atoms. The van der Waals surface area contributed by atoms with Crippen molar-refractivity contribution in [1.29, 1.82) is 0 Å². The highest BCUT2D eigenvalue weighted by Crippen LogP contribution is 2.25. The smallest absolute Gasteiger partial charge is 0.340 e. The summed E-state index contributed by atoms with van der Waals surface area (Å²) in [4.78, 5) is 28.5. The van der Waals surface area contributed by atoms with Crippen LogP contribution < -0.4 is 5.32 Å². The van der Waals surface area contributed by atoms with Gasteiger partial charge in [0.05, 0.1) is 36.2 Å². The second kappa shape index (κ2) is 8.92. The number of hydrogen-bond donors (Lipinski definition) is 2. The van der Waals surface area contributed by atoms with Crippen LogP contribution in [0.25, 0.3) is 0 Å². The molecule has 6 heteroatoms. The Kier molecular flexibility index (Phi) is 6.34. The van der Waals surface area contributed by atoms with E-state index in [9.17, 15) is 9.59 Å². The molecular formula is C23H26N2O4. The normalized spacial score (nSPS) is 13.1. The molecule has 0 unspecified atom stereocenters. The highest BCUT2D eigenvalue weighted by Gasteiger charge is 2.28. The Bertz CT molecular complexity index is 974. The van der Waals surface area contributed by atoms with Gasteiger partial charge < -0.3 is 14.1 Å². The number of esters is 1. The first-order chi connectivity index (χ1) is 13.9. The van der Waals surface area contributed by atoms with Crippen LogP contribution in [0.4, 0.5) is 0 Å². The molecule has 2 aromatic heterocycles. The lowest BCUT2D eigenvalue weighted by molar-refractivity contribution is 0.0525. The summed E-state index contributed by atoms with van der Waals surface area (Å²) in [5.41, 5.74) is 3.06. The first kappa shape index (κ1) is 20.6. The zero-order chi connectivity index (χ0) is 21.0. The fourth-order valence-corrected chi connectivity index (χ4v) is 3.49. The van der Waals surface area contributed by atoms with E-state index in [0.29, 0.717) is 22.5 Å². The number of aromatic amines is 1. The molecule has 0 bridgehead atoms. The molecule has 0 aliphatic carbocycles. The van der Waals surface area contributed by atoms with E-state index >= 15 is 0 Å². The first-order valence-corrected chi connectivity index (χ1v) is 9.68. The highest BCUT2D eigenvalue weighted by molar-refractivity contribution is 6.03. The lowest BCUT2D eigenvalue weighted by Gasteiger charge is -2.21. The van der Waals surface area contributed by atoms with Gasteiger partial charge >= 0.3 is 5.97 Å². The number of aromatic nitrogens is 1. The number of hydrogen-bond acceptors (Lipinski definition) is 5. The zero-order valence-electron chi connectivity index (χ0n) is 17.1. The molecule has 152 valence electrons. The summed E-state index contributed by atoms with van der Waals surface area (Å²) in [7, 11) is 0. The summed E-state index contributed by atoms with van der Waals surface area (Å²) in [6.45, 7) is 7.37.